The van der Waals surface area contributed by atoms with Crippen LogP contribution in [0, 0.1) is 5.82 Å². The van der Waals surface area contributed by atoms with Gasteiger partial charge < -0.3 is 18.4 Å². The van der Waals surface area contributed by atoms with E-state index in [4.69, 9.17) is 18.4 Å². The minimum Gasteiger partial charge on any atom is -0.399 e. The Hall–Kier alpha value is -0.715. The van der Waals surface area contributed by atoms with E-state index in [9.17, 15) is 8.96 Å². The number of benzene rings is 1. The predicted molar refractivity (Wildman–Crippen MR) is 92.6 cm³/mol. The summed E-state index contributed by atoms with van der Waals surface area (Å²) in [6.07, 6.45) is 0. The molecule has 8 heteroatoms. The minimum atomic E-state index is -3.52. The van der Waals surface area contributed by atoms with Gasteiger partial charge in [-0.3, -0.25) is 4.57 Å². The van der Waals surface area contributed by atoms with Crippen molar-refractivity contribution in [2.24, 2.45) is 0 Å². The van der Waals surface area contributed by atoms with E-state index in [1.165, 1.54) is 18.2 Å². The second kappa shape index (κ2) is 6.89. The van der Waals surface area contributed by atoms with Crippen molar-refractivity contribution in [2.45, 2.75) is 52.7 Å². The summed E-state index contributed by atoms with van der Waals surface area (Å²) in [4.78, 5) is 0. The number of rotatable bonds is 6. The Bertz CT molecular complexity index is 623. The van der Waals surface area contributed by atoms with Crippen LogP contribution in [0.2, 0.25) is 0 Å². The molecule has 1 aliphatic rings. The topological polar surface area (TPSA) is 54.0 Å². The van der Waals surface area contributed by atoms with Gasteiger partial charge >= 0.3 is 14.7 Å². The highest BCUT2D eigenvalue weighted by molar-refractivity contribution is 7.62. The van der Waals surface area contributed by atoms with Crippen LogP contribution in [-0.4, -0.2) is 31.5 Å². The van der Waals surface area contributed by atoms with Gasteiger partial charge in [0.15, 0.2) is 0 Å². The van der Waals surface area contributed by atoms with Gasteiger partial charge in [-0.15, -0.1) is 0 Å². The first-order chi connectivity index (χ1) is 11.1. The summed E-state index contributed by atoms with van der Waals surface area (Å²) >= 11 is 0. The molecule has 0 aromatic heterocycles. The molecule has 5 nitrogen and oxygen atoms in total. The molecule has 0 bridgehead atoms. The monoisotopic (exact) mass is 358 g/mol. The molecule has 0 spiro atoms. The molecule has 1 heterocycles. The molecule has 1 fully saturated rings. The summed E-state index contributed by atoms with van der Waals surface area (Å²) < 4.78 is 49.6. The van der Waals surface area contributed by atoms with Crippen LogP contribution >= 0.6 is 7.60 Å². The molecule has 1 aromatic rings. The van der Waals surface area contributed by atoms with E-state index in [1.807, 2.05) is 27.7 Å². The van der Waals surface area contributed by atoms with Gasteiger partial charge in [0.05, 0.1) is 29.7 Å². The smallest absolute Gasteiger partial charge is 0.399 e. The van der Waals surface area contributed by atoms with Crippen LogP contribution in [0.25, 0.3) is 0 Å². The van der Waals surface area contributed by atoms with Crippen molar-refractivity contribution in [3.63, 3.8) is 0 Å². The Kier molecular flexibility index (Phi) is 5.63. The lowest BCUT2D eigenvalue weighted by Crippen LogP contribution is -2.41. The summed E-state index contributed by atoms with van der Waals surface area (Å²) in [6, 6.07) is 4.22. The number of halogens is 1. The standard InChI is InChI=1S/C16H25BFO5P/c1-7-20-24(19,21-8-2)12-9-10-13(14(18)11-12)17-22-15(3,4)16(5,6)23-17/h9-11H,7-8H2,1-6H3. The SMILES string of the molecule is CCOP(=O)(OCC)c1ccc(B2OC(C)(C)C(C)(C)O2)c(F)c1. The molecule has 0 saturated carbocycles. The van der Waals surface area contributed by atoms with Crippen LogP contribution in [0.3, 0.4) is 0 Å². The molecule has 24 heavy (non-hydrogen) atoms. The summed E-state index contributed by atoms with van der Waals surface area (Å²) in [5, 5.41) is 0.184. The van der Waals surface area contributed by atoms with E-state index in [-0.39, 0.29) is 24.0 Å². The highest BCUT2D eigenvalue weighted by atomic mass is 31.2. The van der Waals surface area contributed by atoms with E-state index in [0.717, 1.165) is 0 Å². The van der Waals surface area contributed by atoms with E-state index >= 15 is 0 Å². The Morgan fingerprint density at radius 1 is 1.08 bits per heavy atom. The van der Waals surface area contributed by atoms with Gasteiger partial charge in [-0.1, -0.05) is 6.07 Å². The average molecular weight is 358 g/mol. The third-order valence-electron chi connectivity index (χ3n) is 4.41. The molecular formula is C16H25BFO5P. The Morgan fingerprint density at radius 3 is 2.00 bits per heavy atom. The van der Waals surface area contributed by atoms with Crippen LogP contribution in [0.4, 0.5) is 4.39 Å². The largest absolute Gasteiger partial charge is 0.497 e. The fourth-order valence-corrected chi connectivity index (χ4v) is 3.95. The number of hydrogen-bond acceptors (Lipinski definition) is 5. The second-order valence-corrected chi connectivity index (χ2v) is 8.65. The highest BCUT2D eigenvalue weighted by Gasteiger charge is 2.52. The summed E-state index contributed by atoms with van der Waals surface area (Å²) in [5.74, 6) is -0.564. The summed E-state index contributed by atoms with van der Waals surface area (Å²) in [7, 11) is -4.34. The van der Waals surface area contributed by atoms with E-state index < -0.39 is 31.7 Å². The third kappa shape index (κ3) is 3.61. The lowest BCUT2D eigenvalue weighted by Gasteiger charge is -2.32. The maximum Gasteiger partial charge on any atom is 0.497 e. The second-order valence-electron chi connectivity index (χ2n) is 6.63. The molecule has 0 atom stereocenters. The van der Waals surface area contributed by atoms with E-state index in [1.54, 1.807) is 13.8 Å². The lowest BCUT2D eigenvalue weighted by molar-refractivity contribution is 0.00578. The molecule has 0 radical (unpaired) electrons. The van der Waals surface area contributed by atoms with Gasteiger partial charge in [0.1, 0.15) is 5.82 Å². The van der Waals surface area contributed by atoms with Gasteiger partial charge in [-0.05, 0) is 53.7 Å². The van der Waals surface area contributed by atoms with Crippen molar-refractivity contribution in [1.82, 2.24) is 0 Å². The average Bonchev–Trinajstić information content (AvgIpc) is 2.67. The molecule has 0 N–H and O–H groups in total. The van der Waals surface area contributed by atoms with Crippen LogP contribution in [-0.2, 0) is 22.9 Å². The van der Waals surface area contributed by atoms with E-state index in [0.29, 0.717) is 0 Å². The van der Waals surface area contributed by atoms with Gasteiger partial charge in [0.2, 0.25) is 0 Å². The summed E-state index contributed by atoms with van der Waals surface area (Å²) in [6.45, 7) is 11.4. The van der Waals surface area contributed by atoms with Crippen molar-refractivity contribution in [2.75, 3.05) is 13.2 Å². The fourth-order valence-electron chi connectivity index (χ4n) is 2.37. The zero-order valence-electron chi connectivity index (χ0n) is 15.1. The zero-order chi connectivity index (χ0) is 18.2. The minimum absolute atomic E-state index is 0.184. The molecule has 2 rings (SSSR count). The van der Waals surface area contributed by atoms with Gasteiger partial charge in [0, 0.05) is 5.46 Å². The van der Waals surface area contributed by atoms with Crippen molar-refractivity contribution in [3.8, 4) is 0 Å². The first-order valence-electron chi connectivity index (χ1n) is 8.11. The molecule has 1 saturated heterocycles. The highest BCUT2D eigenvalue weighted by Crippen LogP contribution is 2.46. The maximum absolute atomic E-state index is 14.6. The summed E-state index contributed by atoms with van der Waals surface area (Å²) in [5.41, 5.74) is -0.861. The number of hydrogen-bond donors (Lipinski definition) is 0. The maximum atomic E-state index is 14.6. The van der Waals surface area contributed by atoms with Crippen molar-refractivity contribution >= 4 is 25.5 Å². The van der Waals surface area contributed by atoms with Crippen LogP contribution in [0.1, 0.15) is 41.5 Å². The predicted octanol–water partition coefficient (Wildman–Crippen LogP) is 3.02. The molecule has 134 valence electrons. The molecule has 0 aliphatic carbocycles. The van der Waals surface area contributed by atoms with Gasteiger partial charge in [-0.25, -0.2) is 4.39 Å². The molecular weight excluding hydrogens is 333 g/mol. The normalized spacial score (nSPS) is 19.7. The first-order valence-corrected chi connectivity index (χ1v) is 9.65. The Morgan fingerprint density at radius 2 is 1.58 bits per heavy atom. The van der Waals surface area contributed by atoms with Gasteiger partial charge in [-0.2, -0.15) is 0 Å². The Labute approximate surface area is 143 Å². The fraction of sp³-hybridized carbons (Fsp3) is 0.625. The van der Waals surface area contributed by atoms with Crippen molar-refractivity contribution < 1.29 is 27.3 Å². The lowest BCUT2D eigenvalue weighted by atomic mass is 9.79. The quantitative estimate of drug-likeness (QED) is 0.578. The molecule has 0 unspecified atom stereocenters. The molecule has 1 aliphatic heterocycles. The van der Waals surface area contributed by atoms with Crippen molar-refractivity contribution in [3.05, 3.63) is 24.0 Å². The van der Waals surface area contributed by atoms with Gasteiger partial charge in [0.25, 0.3) is 0 Å². The van der Waals surface area contributed by atoms with Crippen LogP contribution in [0.5, 0.6) is 0 Å². The zero-order valence-corrected chi connectivity index (χ0v) is 16.0. The first kappa shape index (κ1) is 19.6. The Balaban J connectivity index is 2.33. The van der Waals surface area contributed by atoms with Crippen LogP contribution in [0.15, 0.2) is 18.2 Å². The molecule has 0 amide bonds. The van der Waals surface area contributed by atoms with Crippen LogP contribution < -0.4 is 10.8 Å². The molecule has 1 aromatic carbocycles. The third-order valence-corrected chi connectivity index (χ3v) is 6.51. The van der Waals surface area contributed by atoms with E-state index in [2.05, 4.69) is 0 Å². The van der Waals surface area contributed by atoms with Crippen molar-refractivity contribution in [1.29, 1.82) is 0 Å².